The van der Waals surface area contributed by atoms with Crippen molar-refractivity contribution in [3.8, 4) is 50.5 Å². The first-order valence-electron chi connectivity index (χ1n) is 18.8. The smallest absolute Gasteiger partial charge is 0.145 e. The van der Waals surface area contributed by atoms with Gasteiger partial charge >= 0.3 is 0 Å². The Morgan fingerprint density at radius 2 is 1.04 bits per heavy atom. The van der Waals surface area contributed by atoms with E-state index >= 15 is 0 Å². The minimum absolute atomic E-state index is 0.0803. The molecule has 1 aliphatic carbocycles. The molecule has 0 atom stereocenters. The molecule has 54 heavy (non-hydrogen) atoms. The molecule has 0 amide bonds. The summed E-state index contributed by atoms with van der Waals surface area (Å²) in [4.78, 5) is 5.25. The van der Waals surface area contributed by atoms with E-state index in [1.54, 1.807) is 0 Å². The Morgan fingerprint density at radius 3 is 1.87 bits per heavy atom. The molecule has 0 aliphatic heterocycles. The van der Waals surface area contributed by atoms with Crippen LogP contribution in [0.2, 0.25) is 0 Å². The normalized spacial score (nSPS) is 13.1. The number of benzene rings is 9. The molecule has 0 radical (unpaired) electrons. The summed E-state index contributed by atoms with van der Waals surface area (Å²) in [6, 6.07) is 66.6. The average molecular weight is 689 g/mol. The highest BCUT2D eigenvalue weighted by Crippen LogP contribution is 2.53. The molecule has 10 aromatic rings. The standard InChI is InChI=1S/C52H36N2/c1-52(2)45-26-11-10-24-42(45)50-37(25-15-27-46(50)52)35-31-43(49-41-23-9-8-21-39(41)38-20-6-7-22-40(38)44(49)32-35)33-16-14-17-34(30-33)51-53-47-28-12-13-29-48(47)54(51)36-18-4-3-5-19-36/h3-32H,1-2H3. The molecule has 0 saturated carbocycles. The lowest BCUT2D eigenvalue weighted by atomic mass is 9.81. The molecule has 254 valence electrons. The topological polar surface area (TPSA) is 17.8 Å². The zero-order valence-corrected chi connectivity index (χ0v) is 30.2. The van der Waals surface area contributed by atoms with Crippen LogP contribution in [0.5, 0.6) is 0 Å². The quantitative estimate of drug-likeness (QED) is 0.168. The third-order valence-electron chi connectivity index (χ3n) is 11.8. The van der Waals surface area contributed by atoms with Crippen molar-refractivity contribution >= 4 is 43.4 Å². The largest absolute Gasteiger partial charge is 0.292 e. The highest BCUT2D eigenvalue weighted by Gasteiger charge is 2.36. The molecular formula is C52H36N2. The number of rotatable bonds is 4. The first kappa shape index (κ1) is 30.8. The van der Waals surface area contributed by atoms with Gasteiger partial charge in [0.15, 0.2) is 0 Å². The number of imidazole rings is 1. The molecule has 0 unspecified atom stereocenters. The Labute approximate surface area is 314 Å². The van der Waals surface area contributed by atoms with Crippen LogP contribution in [-0.4, -0.2) is 9.55 Å². The zero-order valence-electron chi connectivity index (χ0n) is 30.2. The summed E-state index contributed by atoms with van der Waals surface area (Å²) in [5, 5.41) is 7.62. The summed E-state index contributed by atoms with van der Waals surface area (Å²) in [6.45, 7) is 4.72. The lowest BCUT2D eigenvalue weighted by molar-refractivity contribution is 0.660. The molecule has 1 aliphatic rings. The van der Waals surface area contributed by atoms with Gasteiger partial charge in [0.25, 0.3) is 0 Å². The van der Waals surface area contributed by atoms with Gasteiger partial charge in [0, 0.05) is 16.7 Å². The van der Waals surface area contributed by atoms with Crippen molar-refractivity contribution in [2.75, 3.05) is 0 Å². The van der Waals surface area contributed by atoms with Crippen molar-refractivity contribution in [3.63, 3.8) is 0 Å². The molecule has 2 nitrogen and oxygen atoms in total. The fraction of sp³-hybridized carbons (Fsp3) is 0.0577. The van der Waals surface area contributed by atoms with Gasteiger partial charge in [-0.2, -0.15) is 0 Å². The number of hydrogen-bond acceptors (Lipinski definition) is 1. The summed E-state index contributed by atoms with van der Waals surface area (Å²) in [7, 11) is 0. The predicted octanol–water partition coefficient (Wildman–Crippen LogP) is 13.8. The SMILES string of the molecule is CC1(C)c2ccccc2-c2c(-c3cc(-c4cccc(-c5nc6ccccc6n5-c5ccccc5)c4)c4c5ccccc5c5ccccc5c4c3)cccc21. The second kappa shape index (κ2) is 11.6. The van der Waals surface area contributed by atoms with Crippen molar-refractivity contribution in [1.82, 2.24) is 9.55 Å². The summed E-state index contributed by atoms with van der Waals surface area (Å²) in [6.07, 6.45) is 0. The lowest BCUT2D eigenvalue weighted by Crippen LogP contribution is -2.14. The molecule has 2 heteroatoms. The number of hydrogen-bond donors (Lipinski definition) is 0. The number of aromatic nitrogens is 2. The van der Waals surface area contributed by atoms with Gasteiger partial charge in [-0.3, -0.25) is 4.57 Å². The van der Waals surface area contributed by atoms with Crippen LogP contribution in [0.15, 0.2) is 182 Å². The summed E-state index contributed by atoms with van der Waals surface area (Å²) < 4.78 is 2.29. The number of fused-ring (bicyclic) bond motifs is 10. The molecule has 0 saturated heterocycles. The van der Waals surface area contributed by atoms with E-state index in [4.69, 9.17) is 4.98 Å². The van der Waals surface area contributed by atoms with Gasteiger partial charge in [-0.1, -0.05) is 153 Å². The fourth-order valence-electron chi connectivity index (χ4n) is 9.30. The first-order chi connectivity index (χ1) is 26.6. The third kappa shape index (κ3) is 4.44. The van der Waals surface area contributed by atoms with Crippen LogP contribution in [0.3, 0.4) is 0 Å². The third-order valence-corrected chi connectivity index (χ3v) is 11.8. The number of nitrogens with zero attached hydrogens (tertiary/aromatic N) is 2. The maximum Gasteiger partial charge on any atom is 0.145 e. The summed E-state index contributed by atoms with van der Waals surface area (Å²) >= 11 is 0. The second-order valence-corrected chi connectivity index (χ2v) is 15.1. The van der Waals surface area contributed by atoms with E-state index in [0.29, 0.717) is 0 Å². The molecule has 0 N–H and O–H groups in total. The van der Waals surface area contributed by atoms with E-state index in [0.717, 1.165) is 28.1 Å². The van der Waals surface area contributed by atoms with Crippen molar-refractivity contribution in [2.24, 2.45) is 0 Å². The van der Waals surface area contributed by atoms with Gasteiger partial charge in [0.05, 0.1) is 11.0 Å². The van der Waals surface area contributed by atoms with Crippen molar-refractivity contribution in [2.45, 2.75) is 19.3 Å². The van der Waals surface area contributed by atoms with E-state index in [9.17, 15) is 0 Å². The second-order valence-electron chi connectivity index (χ2n) is 15.1. The molecule has 1 aromatic heterocycles. The molecule has 0 fully saturated rings. The van der Waals surface area contributed by atoms with E-state index in [2.05, 4.69) is 200 Å². The number of para-hydroxylation sites is 3. The first-order valence-corrected chi connectivity index (χ1v) is 18.8. The molecule has 1 heterocycles. The maximum absolute atomic E-state index is 5.25. The summed E-state index contributed by atoms with van der Waals surface area (Å²) in [5.41, 5.74) is 14.5. The monoisotopic (exact) mass is 688 g/mol. The van der Waals surface area contributed by atoms with Gasteiger partial charge in [0.1, 0.15) is 5.82 Å². The minimum atomic E-state index is -0.0803. The molecule has 0 spiro atoms. The van der Waals surface area contributed by atoms with Crippen LogP contribution < -0.4 is 0 Å². The van der Waals surface area contributed by atoms with Crippen molar-refractivity contribution < 1.29 is 0 Å². The van der Waals surface area contributed by atoms with Gasteiger partial charge in [-0.05, 0) is 119 Å². The van der Waals surface area contributed by atoms with Crippen LogP contribution in [0.4, 0.5) is 0 Å². The van der Waals surface area contributed by atoms with E-state index in [-0.39, 0.29) is 5.41 Å². The highest BCUT2D eigenvalue weighted by atomic mass is 15.1. The van der Waals surface area contributed by atoms with Crippen molar-refractivity contribution in [1.29, 1.82) is 0 Å². The van der Waals surface area contributed by atoms with Crippen LogP contribution in [0.25, 0.3) is 93.8 Å². The van der Waals surface area contributed by atoms with Gasteiger partial charge in [-0.25, -0.2) is 4.98 Å². The van der Waals surface area contributed by atoms with Crippen LogP contribution in [0.1, 0.15) is 25.0 Å². The van der Waals surface area contributed by atoms with Crippen LogP contribution >= 0.6 is 0 Å². The fourth-order valence-corrected chi connectivity index (χ4v) is 9.30. The Morgan fingerprint density at radius 1 is 0.426 bits per heavy atom. The molecule has 11 rings (SSSR count). The average Bonchev–Trinajstić information content (AvgIpc) is 3.74. The van der Waals surface area contributed by atoms with Gasteiger partial charge in [-0.15, -0.1) is 0 Å². The molecular weight excluding hydrogens is 653 g/mol. The maximum atomic E-state index is 5.25. The Bertz CT molecular complexity index is 3130. The van der Waals surface area contributed by atoms with E-state index < -0.39 is 0 Å². The van der Waals surface area contributed by atoms with Crippen LogP contribution in [-0.2, 0) is 5.41 Å². The Kier molecular flexibility index (Phi) is 6.63. The predicted molar refractivity (Wildman–Crippen MR) is 227 cm³/mol. The minimum Gasteiger partial charge on any atom is -0.292 e. The van der Waals surface area contributed by atoms with Gasteiger partial charge in [0.2, 0.25) is 0 Å². The molecule has 9 aromatic carbocycles. The zero-order chi connectivity index (χ0) is 36.0. The van der Waals surface area contributed by atoms with E-state index in [1.165, 1.54) is 76.8 Å². The molecule has 0 bridgehead atoms. The Hall–Kier alpha value is -6.77. The Balaban J connectivity index is 1.23. The lowest BCUT2D eigenvalue weighted by Gasteiger charge is -2.22. The summed E-state index contributed by atoms with van der Waals surface area (Å²) in [5.74, 6) is 0.930. The van der Waals surface area contributed by atoms with Gasteiger partial charge < -0.3 is 0 Å². The van der Waals surface area contributed by atoms with Crippen molar-refractivity contribution in [3.05, 3.63) is 193 Å². The highest BCUT2D eigenvalue weighted by molar-refractivity contribution is 6.29. The van der Waals surface area contributed by atoms with E-state index in [1.807, 2.05) is 0 Å². The van der Waals surface area contributed by atoms with Crippen LogP contribution in [0, 0.1) is 0 Å².